The zero-order valence-corrected chi connectivity index (χ0v) is 24.0. The highest BCUT2D eigenvalue weighted by Gasteiger charge is 2.19. The average molecular weight is 567 g/mol. The number of benzene rings is 5. The fourth-order valence-electron chi connectivity index (χ4n) is 5.73. The van der Waals surface area contributed by atoms with Gasteiger partial charge >= 0.3 is 0 Å². The van der Waals surface area contributed by atoms with Crippen molar-refractivity contribution in [2.45, 2.75) is 6.92 Å². The molecule has 0 amide bonds. The molecule has 0 aliphatic rings. The highest BCUT2D eigenvalue weighted by Crippen LogP contribution is 2.39. The highest BCUT2D eigenvalue weighted by atomic mass is 16.3. The summed E-state index contributed by atoms with van der Waals surface area (Å²) in [4.78, 5) is 19.2. The first kappa shape index (κ1) is 25.7. The smallest absolute Gasteiger partial charge is 0.167 e. The maximum atomic E-state index is 6.50. The van der Waals surface area contributed by atoms with Crippen LogP contribution in [0.3, 0.4) is 0 Å². The molecule has 8 aromatic rings. The maximum absolute atomic E-state index is 6.50. The van der Waals surface area contributed by atoms with Crippen molar-refractivity contribution in [3.8, 4) is 56.4 Å². The maximum Gasteiger partial charge on any atom is 0.167 e. The van der Waals surface area contributed by atoms with E-state index >= 15 is 0 Å². The van der Waals surface area contributed by atoms with Gasteiger partial charge in [-0.25, -0.2) is 15.0 Å². The van der Waals surface area contributed by atoms with E-state index in [2.05, 4.69) is 60.4 Å². The summed E-state index contributed by atoms with van der Waals surface area (Å²) in [6, 6.07) is 43.3. The molecule has 0 N–H and O–H groups in total. The van der Waals surface area contributed by atoms with E-state index in [9.17, 15) is 0 Å². The molecule has 44 heavy (non-hydrogen) atoms. The number of pyridine rings is 1. The Morgan fingerprint density at radius 2 is 1.09 bits per heavy atom. The fraction of sp³-hybridized carbons (Fsp3) is 0.0256. The third-order valence-corrected chi connectivity index (χ3v) is 7.97. The van der Waals surface area contributed by atoms with Gasteiger partial charge in [0, 0.05) is 34.3 Å². The molecule has 0 atom stereocenters. The minimum atomic E-state index is 0.563. The van der Waals surface area contributed by atoms with Crippen LogP contribution in [-0.4, -0.2) is 19.9 Å². The summed E-state index contributed by atoms with van der Waals surface area (Å²) in [5.41, 5.74) is 9.87. The van der Waals surface area contributed by atoms with E-state index in [-0.39, 0.29) is 0 Å². The Morgan fingerprint density at radius 3 is 1.77 bits per heavy atom. The highest BCUT2D eigenvalue weighted by molar-refractivity contribution is 6.11. The molecule has 0 saturated carbocycles. The van der Waals surface area contributed by atoms with Crippen LogP contribution in [0.25, 0.3) is 78.4 Å². The van der Waals surface area contributed by atoms with Crippen molar-refractivity contribution < 1.29 is 4.42 Å². The molecule has 5 heteroatoms. The molecule has 5 aromatic carbocycles. The molecule has 3 aromatic heterocycles. The second kappa shape index (κ2) is 10.7. The van der Waals surface area contributed by atoms with Gasteiger partial charge in [0.05, 0.1) is 5.56 Å². The lowest BCUT2D eigenvalue weighted by molar-refractivity contribution is 0.669. The molecular weight excluding hydrogens is 540 g/mol. The van der Waals surface area contributed by atoms with Gasteiger partial charge in [0.1, 0.15) is 11.2 Å². The van der Waals surface area contributed by atoms with Crippen LogP contribution in [-0.2, 0) is 0 Å². The van der Waals surface area contributed by atoms with Gasteiger partial charge in [0.15, 0.2) is 17.5 Å². The van der Waals surface area contributed by atoms with Gasteiger partial charge in [0.2, 0.25) is 0 Å². The first-order valence-corrected chi connectivity index (χ1v) is 14.6. The molecule has 0 unspecified atom stereocenters. The minimum Gasteiger partial charge on any atom is -0.455 e. The molecule has 0 spiro atoms. The van der Waals surface area contributed by atoms with Gasteiger partial charge < -0.3 is 4.42 Å². The lowest BCUT2D eigenvalue weighted by Crippen LogP contribution is -2.00. The Bertz CT molecular complexity index is 2220. The minimum absolute atomic E-state index is 0.563. The summed E-state index contributed by atoms with van der Waals surface area (Å²) in [6.07, 6.45) is 3.73. The molecule has 0 aliphatic carbocycles. The average Bonchev–Trinajstić information content (AvgIpc) is 3.47. The van der Waals surface area contributed by atoms with E-state index in [0.717, 1.165) is 60.9 Å². The van der Waals surface area contributed by atoms with Gasteiger partial charge in [-0.2, -0.15) is 0 Å². The van der Waals surface area contributed by atoms with Gasteiger partial charge in [-0.1, -0.05) is 103 Å². The van der Waals surface area contributed by atoms with E-state index in [1.807, 2.05) is 91.3 Å². The van der Waals surface area contributed by atoms with Crippen molar-refractivity contribution in [3.05, 3.63) is 145 Å². The fourth-order valence-corrected chi connectivity index (χ4v) is 5.73. The van der Waals surface area contributed by atoms with Crippen LogP contribution in [0.15, 0.2) is 144 Å². The topological polar surface area (TPSA) is 64.7 Å². The van der Waals surface area contributed by atoms with Crippen molar-refractivity contribution in [1.29, 1.82) is 0 Å². The summed E-state index contributed by atoms with van der Waals surface area (Å²) in [7, 11) is 0. The van der Waals surface area contributed by atoms with Crippen molar-refractivity contribution in [2.75, 3.05) is 0 Å². The molecule has 3 heterocycles. The number of fused-ring (bicyclic) bond motifs is 3. The quantitative estimate of drug-likeness (QED) is 0.207. The van der Waals surface area contributed by atoms with Crippen molar-refractivity contribution in [2.24, 2.45) is 0 Å². The van der Waals surface area contributed by atoms with Crippen LogP contribution in [0.1, 0.15) is 5.56 Å². The number of para-hydroxylation sites is 1. The van der Waals surface area contributed by atoms with Gasteiger partial charge in [-0.3, -0.25) is 4.98 Å². The second-order valence-electron chi connectivity index (χ2n) is 10.8. The Kier molecular flexibility index (Phi) is 6.27. The SMILES string of the molecule is Cc1cnccc1-c1ccc(-c2cc(-c3nc(-c4ccccc4)nc(-c4ccccc4)n3)c3oc4ccccc4c3c2)cc1. The number of furan rings is 1. The van der Waals surface area contributed by atoms with Crippen molar-refractivity contribution >= 4 is 21.9 Å². The first-order valence-electron chi connectivity index (χ1n) is 14.6. The van der Waals surface area contributed by atoms with Crippen molar-refractivity contribution in [1.82, 2.24) is 19.9 Å². The summed E-state index contributed by atoms with van der Waals surface area (Å²) >= 11 is 0. The van der Waals surface area contributed by atoms with E-state index in [0.29, 0.717) is 17.5 Å². The predicted octanol–water partition coefficient (Wildman–Crippen LogP) is 9.81. The number of aryl methyl sites for hydroxylation is 1. The standard InChI is InChI=1S/C39H26N4O/c1-25-24-40-21-20-31(25)27-18-16-26(17-19-27)30-22-33-32-14-8-9-15-35(32)44-36(33)34(23-30)39-42-37(28-10-4-2-5-11-28)41-38(43-39)29-12-6-3-7-13-29/h2-24H,1H3. The van der Waals surface area contributed by atoms with Crippen LogP contribution in [0.4, 0.5) is 0 Å². The summed E-state index contributed by atoms with van der Waals surface area (Å²) in [5.74, 6) is 1.79. The Labute approximate surface area is 254 Å². The normalized spacial score (nSPS) is 11.3. The van der Waals surface area contributed by atoms with Crippen LogP contribution in [0, 0.1) is 6.92 Å². The Hall–Kier alpha value is -5.94. The second-order valence-corrected chi connectivity index (χ2v) is 10.8. The van der Waals surface area contributed by atoms with Gasteiger partial charge in [-0.05, 0) is 59.0 Å². The number of nitrogens with zero attached hydrogens (tertiary/aromatic N) is 4. The van der Waals surface area contributed by atoms with E-state index in [4.69, 9.17) is 19.4 Å². The molecule has 8 rings (SSSR count). The molecular formula is C39H26N4O. The zero-order valence-electron chi connectivity index (χ0n) is 24.0. The molecule has 0 saturated heterocycles. The van der Waals surface area contributed by atoms with E-state index in [1.54, 1.807) is 0 Å². The molecule has 208 valence electrons. The summed E-state index contributed by atoms with van der Waals surface area (Å²) < 4.78 is 6.50. The number of aromatic nitrogens is 4. The van der Waals surface area contributed by atoms with E-state index in [1.165, 1.54) is 5.56 Å². The molecule has 0 fully saturated rings. The summed E-state index contributed by atoms with van der Waals surface area (Å²) in [5, 5.41) is 2.07. The number of hydrogen-bond donors (Lipinski definition) is 0. The third kappa shape index (κ3) is 4.61. The van der Waals surface area contributed by atoms with Crippen LogP contribution in [0.5, 0.6) is 0 Å². The van der Waals surface area contributed by atoms with E-state index < -0.39 is 0 Å². The Balaban J connectivity index is 1.36. The lowest BCUT2D eigenvalue weighted by Gasteiger charge is -2.11. The zero-order chi connectivity index (χ0) is 29.5. The van der Waals surface area contributed by atoms with Crippen LogP contribution < -0.4 is 0 Å². The molecule has 0 bridgehead atoms. The molecule has 5 nitrogen and oxygen atoms in total. The molecule has 0 radical (unpaired) electrons. The number of hydrogen-bond acceptors (Lipinski definition) is 5. The monoisotopic (exact) mass is 566 g/mol. The third-order valence-electron chi connectivity index (χ3n) is 7.97. The lowest BCUT2D eigenvalue weighted by atomic mass is 9.96. The van der Waals surface area contributed by atoms with Crippen LogP contribution in [0.2, 0.25) is 0 Å². The van der Waals surface area contributed by atoms with Crippen LogP contribution >= 0.6 is 0 Å². The van der Waals surface area contributed by atoms with Gasteiger partial charge in [-0.15, -0.1) is 0 Å². The summed E-state index contributed by atoms with van der Waals surface area (Å²) in [6.45, 7) is 2.09. The Morgan fingerprint density at radius 1 is 0.477 bits per heavy atom. The van der Waals surface area contributed by atoms with Gasteiger partial charge in [0.25, 0.3) is 0 Å². The van der Waals surface area contributed by atoms with Crippen molar-refractivity contribution in [3.63, 3.8) is 0 Å². The first-order chi connectivity index (χ1) is 21.7. The largest absolute Gasteiger partial charge is 0.455 e. The molecule has 0 aliphatic heterocycles. The predicted molar refractivity (Wildman–Crippen MR) is 177 cm³/mol. The number of rotatable bonds is 5.